The smallest absolute Gasteiger partial charge is 0.260 e. The van der Waals surface area contributed by atoms with Gasteiger partial charge in [0.05, 0.1) is 0 Å². The first-order valence-electron chi connectivity index (χ1n) is 6.48. The molecule has 0 radical (unpaired) electrons. The first-order chi connectivity index (χ1) is 9.10. The van der Waals surface area contributed by atoms with Crippen LogP contribution in [0.25, 0.3) is 0 Å². The molecule has 2 N–H and O–H groups in total. The van der Waals surface area contributed by atoms with Crippen molar-refractivity contribution in [3.63, 3.8) is 0 Å². The van der Waals surface area contributed by atoms with Crippen molar-refractivity contribution in [1.82, 2.24) is 4.90 Å². The quantitative estimate of drug-likeness (QED) is 0.896. The van der Waals surface area contributed by atoms with Gasteiger partial charge in [0.2, 0.25) is 0 Å². The lowest BCUT2D eigenvalue weighted by Gasteiger charge is -2.21. The van der Waals surface area contributed by atoms with E-state index in [1.165, 1.54) is 12.1 Å². The molecule has 1 heterocycles. The maximum atomic E-state index is 13.0. The second-order valence-electron chi connectivity index (χ2n) is 4.98. The van der Waals surface area contributed by atoms with Crippen LogP contribution in [0.15, 0.2) is 24.3 Å². The Labute approximate surface area is 112 Å². The lowest BCUT2D eigenvalue weighted by molar-refractivity contribution is -0.134. The molecule has 0 saturated carbocycles. The number of likely N-dealkylation sites (tertiary alicyclic amines) is 1. The lowest BCUT2D eigenvalue weighted by atomic mass is 10.1. The monoisotopic (exact) mass is 266 g/mol. The number of carbonyl (C=O) groups excluding carboxylic acids is 1. The highest BCUT2D eigenvalue weighted by Crippen LogP contribution is 2.22. The zero-order chi connectivity index (χ0) is 13.8. The highest BCUT2D eigenvalue weighted by molar-refractivity contribution is 5.78. The molecule has 1 aromatic carbocycles. The number of hydrogen-bond acceptors (Lipinski definition) is 3. The van der Waals surface area contributed by atoms with E-state index in [1.54, 1.807) is 17.0 Å². The molecular formula is C14H19FN2O2. The molecule has 0 aliphatic carbocycles. The molecule has 0 bridgehead atoms. The standard InChI is InChI=1S/C14H19FN2O2/c1-10-5-11(7-16)8-17(10)14(18)9-19-13-4-2-3-12(15)6-13/h2-4,6,10-11H,5,7-9,16H2,1H3. The van der Waals surface area contributed by atoms with Crippen LogP contribution in [-0.2, 0) is 4.79 Å². The van der Waals surface area contributed by atoms with Crippen LogP contribution in [0.1, 0.15) is 13.3 Å². The Hall–Kier alpha value is -1.62. The number of benzene rings is 1. The molecule has 2 rings (SSSR count). The van der Waals surface area contributed by atoms with Crippen molar-refractivity contribution in [2.75, 3.05) is 19.7 Å². The van der Waals surface area contributed by atoms with Gasteiger partial charge in [-0.15, -0.1) is 0 Å². The first kappa shape index (κ1) is 13.8. The van der Waals surface area contributed by atoms with Gasteiger partial charge in [0.1, 0.15) is 11.6 Å². The summed E-state index contributed by atoms with van der Waals surface area (Å²) in [6.45, 7) is 3.22. The number of nitrogens with two attached hydrogens (primary N) is 1. The maximum absolute atomic E-state index is 13.0. The molecule has 2 atom stereocenters. The van der Waals surface area contributed by atoms with Gasteiger partial charge >= 0.3 is 0 Å². The van der Waals surface area contributed by atoms with Gasteiger partial charge in [0.25, 0.3) is 5.91 Å². The number of amides is 1. The van der Waals surface area contributed by atoms with E-state index in [0.29, 0.717) is 24.8 Å². The Morgan fingerprint density at radius 2 is 2.37 bits per heavy atom. The zero-order valence-corrected chi connectivity index (χ0v) is 11.0. The van der Waals surface area contributed by atoms with E-state index < -0.39 is 0 Å². The molecule has 0 aromatic heterocycles. The van der Waals surface area contributed by atoms with Crippen LogP contribution in [0.2, 0.25) is 0 Å². The fourth-order valence-electron chi connectivity index (χ4n) is 2.45. The highest BCUT2D eigenvalue weighted by atomic mass is 19.1. The van der Waals surface area contributed by atoms with E-state index >= 15 is 0 Å². The topological polar surface area (TPSA) is 55.6 Å². The molecule has 5 heteroatoms. The summed E-state index contributed by atoms with van der Waals surface area (Å²) in [5.74, 6) is 0.291. The summed E-state index contributed by atoms with van der Waals surface area (Å²) in [6.07, 6.45) is 0.933. The van der Waals surface area contributed by atoms with Crippen LogP contribution in [-0.4, -0.2) is 36.5 Å². The number of nitrogens with zero attached hydrogens (tertiary/aromatic N) is 1. The van der Waals surface area contributed by atoms with Crippen LogP contribution < -0.4 is 10.5 Å². The van der Waals surface area contributed by atoms with Crippen LogP contribution in [0.4, 0.5) is 4.39 Å². The van der Waals surface area contributed by atoms with E-state index in [0.717, 1.165) is 6.42 Å². The Morgan fingerprint density at radius 1 is 1.58 bits per heavy atom. The van der Waals surface area contributed by atoms with Gasteiger partial charge in [-0.1, -0.05) is 6.07 Å². The van der Waals surface area contributed by atoms with E-state index in [1.807, 2.05) is 6.92 Å². The van der Waals surface area contributed by atoms with Crippen LogP contribution in [0, 0.1) is 11.7 Å². The summed E-state index contributed by atoms with van der Waals surface area (Å²) in [7, 11) is 0. The molecule has 104 valence electrons. The van der Waals surface area contributed by atoms with Crippen molar-refractivity contribution in [3.8, 4) is 5.75 Å². The number of halogens is 1. The van der Waals surface area contributed by atoms with Gasteiger partial charge in [-0.05, 0) is 37.9 Å². The molecular weight excluding hydrogens is 247 g/mol. The lowest BCUT2D eigenvalue weighted by Crippen LogP contribution is -2.37. The fourth-order valence-corrected chi connectivity index (χ4v) is 2.45. The number of carbonyl (C=O) groups is 1. The van der Waals surface area contributed by atoms with Crippen LogP contribution in [0.5, 0.6) is 5.75 Å². The highest BCUT2D eigenvalue weighted by Gasteiger charge is 2.31. The molecule has 1 aromatic rings. The molecule has 2 unspecified atom stereocenters. The minimum Gasteiger partial charge on any atom is -0.484 e. The fraction of sp³-hybridized carbons (Fsp3) is 0.500. The first-order valence-corrected chi connectivity index (χ1v) is 6.48. The predicted octanol–water partition coefficient (Wildman–Crippen LogP) is 1.40. The van der Waals surface area contributed by atoms with Gasteiger partial charge < -0.3 is 15.4 Å². The van der Waals surface area contributed by atoms with Crippen LogP contribution in [0.3, 0.4) is 0 Å². The van der Waals surface area contributed by atoms with Gasteiger partial charge in [-0.3, -0.25) is 4.79 Å². The predicted molar refractivity (Wildman–Crippen MR) is 70.2 cm³/mol. The van der Waals surface area contributed by atoms with E-state index in [4.69, 9.17) is 10.5 Å². The minimum absolute atomic E-state index is 0.0644. The third-order valence-corrected chi connectivity index (χ3v) is 3.47. The van der Waals surface area contributed by atoms with Gasteiger partial charge in [0.15, 0.2) is 6.61 Å². The molecule has 4 nitrogen and oxygen atoms in total. The summed E-state index contributed by atoms with van der Waals surface area (Å²) < 4.78 is 18.3. The molecule has 1 amide bonds. The zero-order valence-electron chi connectivity index (χ0n) is 11.0. The van der Waals surface area contributed by atoms with Gasteiger partial charge in [-0.2, -0.15) is 0 Å². The Bertz CT molecular complexity index is 453. The average molecular weight is 266 g/mol. The van der Waals surface area contributed by atoms with Gasteiger partial charge in [-0.25, -0.2) is 4.39 Å². The minimum atomic E-state index is -0.373. The van der Waals surface area contributed by atoms with E-state index in [9.17, 15) is 9.18 Å². The normalized spacial score (nSPS) is 22.6. The van der Waals surface area contributed by atoms with E-state index in [-0.39, 0.29) is 24.4 Å². The summed E-state index contributed by atoms with van der Waals surface area (Å²) in [6, 6.07) is 5.98. The summed E-state index contributed by atoms with van der Waals surface area (Å²) >= 11 is 0. The molecule has 1 aliphatic rings. The number of hydrogen-bond donors (Lipinski definition) is 1. The SMILES string of the molecule is CC1CC(CN)CN1C(=O)COc1cccc(F)c1. The van der Waals surface area contributed by atoms with Crippen LogP contribution >= 0.6 is 0 Å². The molecule has 1 saturated heterocycles. The molecule has 19 heavy (non-hydrogen) atoms. The molecule has 0 spiro atoms. The average Bonchev–Trinajstić information content (AvgIpc) is 2.77. The van der Waals surface area contributed by atoms with Crippen molar-refractivity contribution in [3.05, 3.63) is 30.1 Å². The Morgan fingerprint density at radius 3 is 3.00 bits per heavy atom. The second kappa shape index (κ2) is 6.02. The third kappa shape index (κ3) is 3.44. The van der Waals surface area contributed by atoms with E-state index in [2.05, 4.69) is 0 Å². The molecule has 1 fully saturated rings. The summed E-state index contributed by atoms with van der Waals surface area (Å²) in [5, 5.41) is 0. The Kier molecular flexibility index (Phi) is 4.37. The van der Waals surface area contributed by atoms with Crippen molar-refractivity contribution >= 4 is 5.91 Å². The summed E-state index contributed by atoms with van der Waals surface area (Å²) in [5.41, 5.74) is 5.63. The second-order valence-corrected chi connectivity index (χ2v) is 4.98. The third-order valence-electron chi connectivity index (χ3n) is 3.47. The Balaban J connectivity index is 1.88. The maximum Gasteiger partial charge on any atom is 0.260 e. The largest absolute Gasteiger partial charge is 0.484 e. The molecule has 1 aliphatic heterocycles. The van der Waals surface area contributed by atoms with Crippen molar-refractivity contribution < 1.29 is 13.9 Å². The van der Waals surface area contributed by atoms with Crippen molar-refractivity contribution in [1.29, 1.82) is 0 Å². The number of rotatable bonds is 4. The van der Waals surface area contributed by atoms with Crippen molar-refractivity contribution in [2.45, 2.75) is 19.4 Å². The van der Waals surface area contributed by atoms with Crippen molar-refractivity contribution in [2.24, 2.45) is 11.7 Å². The summed E-state index contributed by atoms with van der Waals surface area (Å²) in [4.78, 5) is 13.8. The number of ether oxygens (including phenoxy) is 1. The van der Waals surface area contributed by atoms with Gasteiger partial charge in [0, 0.05) is 18.7 Å².